The molecule has 1 aromatic carbocycles. The molecular formula is C12H13BrClNO2. The number of hydrogen-bond acceptors (Lipinski definition) is 2. The lowest BCUT2D eigenvalue weighted by Gasteiger charge is -2.17. The topological polar surface area (TPSA) is 29.5 Å². The molecule has 1 aromatic rings. The molecule has 1 aliphatic rings. The first-order chi connectivity index (χ1) is 8.15. The van der Waals surface area contributed by atoms with Crippen molar-refractivity contribution in [3.63, 3.8) is 0 Å². The lowest BCUT2D eigenvalue weighted by Crippen LogP contribution is -2.24. The standard InChI is InChI=1S/C12H13BrClNO2/c1-17-11-3-2-9(5-10(11)14)15-7-8(6-13)4-12(15)16/h2-3,5,8H,4,6-7H2,1H3. The Balaban J connectivity index is 2.23. The summed E-state index contributed by atoms with van der Waals surface area (Å²) in [6.07, 6.45) is 0.592. The summed E-state index contributed by atoms with van der Waals surface area (Å²) in [5.74, 6) is 1.15. The first-order valence-corrected chi connectivity index (χ1v) is 6.85. The first kappa shape index (κ1) is 12.7. The Labute approximate surface area is 114 Å². The molecule has 0 aromatic heterocycles. The van der Waals surface area contributed by atoms with Crippen LogP contribution in [0.1, 0.15) is 6.42 Å². The zero-order valence-corrected chi connectivity index (χ0v) is 11.8. The van der Waals surface area contributed by atoms with Crippen LogP contribution in [0.2, 0.25) is 5.02 Å². The Hall–Kier alpha value is -0.740. The lowest BCUT2D eigenvalue weighted by molar-refractivity contribution is -0.117. The maximum absolute atomic E-state index is 11.8. The minimum Gasteiger partial charge on any atom is -0.495 e. The van der Waals surface area contributed by atoms with Crippen molar-refractivity contribution in [2.45, 2.75) is 6.42 Å². The third-order valence-electron chi connectivity index (χ3n) is 2.87. The average molecular weight is 319 g/mol. The summed E-state index contributed by atoms with van der Waals surface area (Å²) >= 11 is 9.47. The van der Waals surface area contributed by atoms with Crippen molar-refractivity contribution in [3.8, 4) is 5.75 Å². The fourth-order valence-corrected chi connectivity index (χ4v) is 2.64. The summed E-state index contributed by atoms with van der Waals surface area (Å²) in [5.41, 5.74) is 0.837. The molecule has 0 bridgehead atoms. The first-order valence-electron chi connectivity index (χ1n) is 5.35. The molecule has 3 nitrogen and oxygen atoms in total. The van der Waals surface area contributed by atoms with E-state index in [0.717, 1.165) is 17.6 Å². The van der Waals surface area contributed by atoms with E-state index in [4.69, 9.17) is 16.3 Å². The molecule has 1 unspecified atom stereocenters. The molecule has 1 saturated heterocycles. The SMILES string of the molecule is COc1ccc(N2CC(CBr)CC2=O)cc1Cl. The van der Waals surface area contributed by atoms with E-state index in [0.29, 0.717) is 23.1 Å². The predicted octanol–water partition coefficient (Wildman–Crippen LogP) is 3.10. The Bertz CT molecular complexity index is 439. The predicted molar refractivity (Wildman–Crippen MR) is 72.3 cm³/mol. The number of halogens is 2. The summed E-state index contributed by atoms with van der Waals surface area (Å²) in [4.78, 5) is 13.6. The normalized spacial score (nSPS) is 19.8. The van der Waals surface area contributed by atoms with Gasteiger partial charge in [-0.2, -0.15) is 0 Å². The minimum absolute atomic E-state index is 0.149. The van der Waals surface area contributed by atoms with Crippen LogP contribution in [0.25, 0.3) is 0 Å². The molecule has 1 heterocycles. The van der Waals surface area contributed by atoms with Crippen LogP contribution in [0.4, 0.5) is 5.69 Å². The maximum atomic E-state index is 11.8. The van der Waals surface area contributed by atoms with Crippen molar-refractivity contribution in [1.29, 1.82) is 0 Å². The third kappa shape index (κ3) is 2.58. The van der Waals surface area contributed by atoms with Gasteiger partial charge in [0.1, 0.15) is 5.75 Å². The van der Waals surface area contributed by atoms with E-state index in [-0.39, 0.29) is 5.91 Å². The number of rotatable bonds is 3. The number of carbonyl (C=O) groups is 1. The van der Waals surface area contributed by atoms with Gasteiger partial charge in [-0.25, -0.2) is 0 Å². The molecule has 1 atom stereocenters. The van der Waals surface area contributed by atoms with Crippen LogP contribution in [0.3, 0.4) is 0 Å². The van der Waals surface area contributed by atoms with Crippen molar-refractivity contribution in [2.24, 2.45) is 5.92 Å². The highest BCUT2D eigenvalue weighted by molar-refractivity contribution is 9.09. The average Bonchev–Trinajstić information content (AvgIpc) is 2.70. The number of hydrogen-bond donors (Lipinski definition) is 0. The van der Waals surface area contributed by atoms with E-state index in [2.05, 4.69) is 15.9 Å². The fraction of sp³-hybridized carbons (Fsp3) is 0.417. The Morgan fingerprint density at radius 2 is 2.35 bits per heavy atom. The second-order valence-electron chi connectivity index (χ2n) is 4.05. The molecule has 1 aliphatic heterocycles. The number of amides is 1. The Kier molecular flexibility index (Phi) is 3.94. The van der Waals surface area contributed by atoms with Gasteiger partial charge in [0, 0.05) is 24.0 Å². The van der Waals surface area contributed by atoms with Gasteiger partial charge in [0.25, 0.3) is 0 Å². The molecule has 0 aliphatic carbocycles. The van der Waals surface area contributed by atoms with Crippen LogP contribution >= 0.6 is 27.5 Å². The van der Waals surface area contributed by atoms with E-state index >= 15 is 0 Å². The van der Waals surface area contributed by atoms with Crippen LogP contribution in [0, 0.1) is 5.92 Å². The number of benzene rings is 1. The van der Waals surface area contributed by atoms with Crippen LogP contribution < -0.4 is 9.64 Å². The van der Waals surface area contributed by atoms with Gasteiger partial charge in [0.05, 0.1) is 12.1 Å². The molecule has 92 valence electrons. The van der Waals surface area contributed by atoms with E-state index in [9.17, 15) is 4.79 Å². The van der Waals surface area contributed by atoms with E-state index < -0.39 is 0 Å². The van der Waals surface area contributed by atoms with E-state index in [1.807, 2.05) is 6.07 Å². The highest BCUT2D eigenvalue weighted by Gasteiger charge is 2.29. The molecule has 1 amide bonds. The Morgan fingerprint density at radius 1 is 1.59 bits per heavy atom. The van der Waals surface area contributed by atoms with Crippen LogP contribution in [0.5, 0.6) is 5.75 Å². The smallest absolute Gasteiger partial charge is 0.227 e. The van der Waals surface area contributed by atoms with Gasteiger partial charge in [-0.15, -0.1) is 0 Å². The number of ether oxygens (including phenoxy) is 1. The highest BCUT2D eigenvalue weighted by atomic mass is 79.9. The molecule has 17 heavy (non-hydrogen) atoms. The van der Waals surface area contributed by atoms with Gasteiger partial charge in [-0.3, -0.25) is 4.79 Å². The van der Waals surface area contributed by atoms with Crippen molar-refractivity contribution < 1.29 is 9.53 Å². The van der Waals surface area contributed by atoms with Gasteiger partial charge < -0.3 is 9.64 Å². The zero-order valence-electron chi connectivity index (χ0n) is 9.45. The molecule has 1 fully saturated rings. The summed E-state index contributed by atoms with van der Waals surface area (Å²) in [6, 6.07) is 5.42. The van der Waals surface area contributed by atoms with E-state index in [1.54, 1.807) is 24.1 Å². The second kappa shape index (κ2) is 5.27. The fourth-order valence-electron chi connectivity index (χ4n) is 1.96. The number of anilines is 1. The van der Waals surface area contributed by atoms with Gasteiger partial charge in [0.2, 0.25) is 5.91 Å². The van der Waals surface area contributed by atoms with Crippen LogP contribution in [0.15, 0.2) is 18.2 Å². The molecule has 0 saturated carbocycles. The van der Waals surface area contributed by atoms with Gasteiger partial charge in [-0.05, 0) is 24.1 Å². The molecule has 5 heteroatoms. The van der Waals surface area contributed by atoms with Crippen molar-refractivity contribution in [2.75, 3.05) is 23.9 Å². The Morgan fingerprint density at radius 3 is 2.88 bits per heavy atom. The molecular weight excluding hydrogens is 305 g/mol. The summed E-state index contributed by atoms with van der Waals surface area (Å²) in [7, 11) is 1.57. The van der Waals surface area contributed by atoms with Gasteiger partial charge in [-0.1, -0.05) is 27.5 Å². The summed E-state index contributed by atoms with van der Waals surface area (Å²) in [5, 5.41) is 1.37. The third-order valence-corrected chi connectivity index (χ3v) is 4.08. The lowest BCUT2D eigenvalue weighted by atomic mass is 10.2. The number of carbonyl (C=O) groups excluding carboxylic acids is 1. The van der Waals surface area contributed by atoms with Gasteiger partial charge >= 0.3 is 0 Å². The molecule has 2 rings (SSSR count). The van der Waals surface area contributed by atoms with E-state index in [1.165, 1.54) is 0 Å². The summed E-state index contributed by atoms with van der Waals surface area (Å²) < 4.78 is 5.09. The highest BCUT2D eigenvalue weighted by Crippen LogP contribution is 2.32. The van der Waals surface area contributed by atoms with Crippen LogP contribution in [-0.4, -0.2) is 24.9 Å². The van der Waals surface area contributed by atoms with Crippen molar-refractivity contribution in [1.82, 2.24) is 0 Å². The molecule has 0 radical (unpaired) electrons. The van der Waals surface area contributed by atoms with Gasteiger partial charge in [0.15, 0.2) is 0 Å². The summed E-state index contributed by atoms with van der Waals surface area (Å²) in [6.45, 7) is 0.743. The number of nitrogens with zero attached hydrogens (tertiary/aromatic N) is 1. The largest absolute Gasteiger partial charge is 0.495 e. The van der Waals surface area contributed by atoms with Crippen molar-refractivity contribution in [3.05, 3.63) is 23.2 Å². The molecule has 0 spiro atoms. The van der Waals surface area contributed by atoms with Crippen LogP contribution in [-0.2, 0) is 4.79 Å². The van der Waals surface area contributed by atoms with Crippen molar-refractivity contribution >= 4 is 39.1 Å². The number of alkyl halides is 1. The molecule has 0 N–H and O–H groups in total. The minimum atomic E-state index is 0.149. The maximum Gasteiger partial charge on any atom is 0.227 e. The zero-order chi connectivity index (χ0) is 12.4. The number of methoxy groups -OCH3 is 1. The second-order valence-corrected chi connectivity index (χ2v) is 5.10. The monoisotopic (exact) mass is 317 g/mol. The quantitative estimate of drug-likeness (QED) is 0.802.